The van der Waals surface area contributed by atoms with Gasteiger partial charge < -0.3 is 0 Å². The molecule has 0 N–H and O–H groups in total. The van der Waals surface area contributed by atoms with Crippen LogP contribution in [0.3, 0.4) is 0 Å². The molecule has 0 heterocycles. The zero-order valence-electron chi connectivity index (χ0n) is 14.3. The molecule has 0 saturated carbocycles. The molecule has 0 aliphatic heterocycles. The lowest BCUT2D eigenvalue weighted by Gasteiger charge is -2.32. The third-order valence-corrected chi connectivity index (χ3v) is 5.66. The largest absolute Gasteiger partial charge is 0.0807 e. The predicted molar refractivity (Wildman–Crippen MR) is 96.0 cm³/mol. The molecule has 3 aliphatic carbocycles. The summed E-state index contributed by atoms with van der Waals surface area (Å²) in [5, 5.41) is 0. The molecule has 0 fully saturated rings. The van der Waals surface area contributed by atoms with E-state index in [1.54, 1.807) is 22.3 Å². The number of aryl methyl sites for hydroxylation is 2. The Morgan fingerprint density at radius 2 is 1.68 bits per heavy atom. The van der Waals surface area contributed by atoms with Gasteiger partial charge in [-0.1, -0.05) is 55.8 Å². The fourth-order valence-corrected chi connectivity index (χ4v) is 4.22. The summed E-state index contributed by atoms with van der Waals surface area (Å²) in [6.07, 6.45) is 15.6. The van der Waals surface area contributed by atoms with Gasteiger partial charge in [-0.2, -0.15) is 0 Å². The van der Waals surface area contributed by atoms with E-state index in [1.165, 1.54) is 51.4 Å². The van der Waals surface area contributed by atoms with E-state index < -0.39 is 0 Å². The Labute approximate surface area is 136 Å². The van der Waals surface area contributed by atoms with Gasteiger partial charge in [0.2, 0.25) is 0 Å². The van der Waals surface area contributed by atoms with Gasteiger partial charge in [0.25, 0.3) is 0 Å². The van der Waals surface area contributed by atoms with Crippen molar-refractivity contribution in [1.29, 1.82) is 0 Å². The average molecular weight is 294 g/mol. The molecule has 3 aliphatic rings. The minimum atomic E-state index is 0.854. The molecule has 1 aromatic carbocycles. The van der Waals surface area contributed by atoms with Crippen molar-refractivity contribution in [1.82, 2.24) is 0 Å². The lowest BCUT2D eigenvalue weighted by molar-refractivity contribution is 0.431. The molecule has 4 rings (SSSR count). The zero-order chi connectivity index (χ0) is 15.4. The van der Waals surface area contributed by atoms with Gasteiger partial charge in [0.15, 0.2) is 0 Å². The first-order chi connectivity index (χ1) is 10.8. The summed E-state index contributed by atoms with van der Waals surface area (Å²) in [4.78, 5) is 0. The Balaban J connectivity index is 0.000000133. The van der Waals surface area contributed by atoms with Crippen LogP contribution in [-0.4, -0.2) is 0 Å². The molecule has 1 aromatic rings. The normalized spacial score (nSPS) is 26.1. The standard InChI is InChI=1S/C12H18.C10H12/c1-3-10-7-9(2)11-5-4-6-12(10)8-11;1-2-6-10-8-4-3-7-9(10)5-1/h6,8-10H,3-5,7H2,1-2H3;1-2,5-6H,3-4,7-8H2. The molecular formula is C22H30. The van der Waals surface area contributed by atoms with E-state index in [9.17, 15) is 0 Å². The van der Waals surface area contributed by atoms with Crippen molar-refractivity contribution in [2.75, 3.05) is 0 Å². The second-order valence-electron chi connectivity index (χ2n) is 7.18. The Morgan fingerprint density at radius 1 is 1.00 bits per heavy atom. The van der Waals surface area contributed by atoms with Crippen LogP contribution in [0.2, 0.25) is 0 Å². The molecule has 2 atom stereocenters. The topological polar surface area (TPSA) is 0 Å². The van der Waals surface area contributed by atoms with E-state index >= 15 is 0 Å². The first-order valence-corrected chi connectivity index (χ1v) is 9.25. The molecular weight excluding hydrogens is 264 g/mol. The third kappa shape index (κ3) is 3.54. The maximum Gasteiger partial charge on any atom is -0.0162 e. The average Bonchev–Trinajstić information content (AvgIpc) is 2.59. The van der Waals surface area contributed by atoms with Crippen molar-refractivity contribution in [2.45, 2.75) is 65.2 Å². The molecule has 0 spiro atoms. The summed E-state index contributed by atoms with van der Waals surface area (Å²) in [5.41, 5.74) is 6.50. The first kappa shape index (κ1) is 15.6. The smallest absolute Gasteiger partial charge is 0.0162 e. The second-order valence-corrected chi connectivity index (χ2v) is 7.18. The number of hydrogen-bond acceptors (Lipinski definition) is 0. The molecule has 22 heavy (non-hydrogen) atoms. The zero-order valence-corrected chi connectivity index (χ0v) is 14.3. The van der Waals surface area contributed by atoms with Gasteiger partial charge in [-0.25, -0.2) is 0 Å². The molecule has 2 bridgehead atoms. The van der Waals surface area contributed by atoms with Gasteiger partial charge in [0, 0.05) is 0 Å². The lowest BCUT2D eigenvalue weighted by atomic mass is 9.74. The van der Waals surface area contributed by atoms with Crippen LogP contribution in [-0.2, 0) is 12.8 Å². The van der Waals surface area contributed by atoms with Gasteiger partial charge in [0.1, 0.15) is 0 Å². The Hall–Kier alpha value is -1.30. The molecule has 118 valence electrons. The Morgan fingerprint density at radius 3 is 2.32 bits per heavy atom. The van der Waals surface area contributed by atoms with Crippen LogP contribution in [0.1, 0.15) is 63.5 Å². The van der Waals surface area contributed by atoms with Crippen LogP contribution in [0, 0.1) is 11.8 Å². The summed E-state index contributed by atoms with van der Waals surface area (Å²) in [7, 11) is 0. The van der Waals surface area contributed by atoms with Gasteiger partial charge in [-0.3, -0.25) is 0 Å². The van der Waals surface area contributed by atoms with Crippen molar-refractivity contribution in [3.63, 3.8) is 0 Å². The maximum atomic E-state index is 2.46. The molecule has 0 aromatic heterocycles. The monoisotopic (exact) mass is 294 g/mol. The van der Waals surface area contributed by atoms with Crippen LogP contribution in [0.4, 0.5) is 0 Å². The molecule has 2 unspecified atom stereocenters. The highest BCUT2D eigenvalue weighted by atomic mass is 14.3. The van der Waals surface area contributed by atoms with E-state index in [4.69, 9.17) is 0 Å². The van der Waals surface area contributed by atoms with Crippen LogP contribution in [0.5, 0.6) is 0 Å². The molecule has 0 radical (unpaired) electrons. The first-order valence-electron chi connectivity index (χ1n) is 9.25. The predicted octanol–water partition coefficient (Wildman–Crippen LogP) is 6.26. The fourth-order valence-electron chi connectivity index (χ4n) is 4.22. The highest BCUT2D eigenvalue weighted by Crippen LogP contribution is 2.39. The quantitative estimate of drug-likeness (QED) is 0.573. The van der Waals surface area contributed by atoms with E-state index in [1.807, 2.05) is 0 Å². The number of benzene rings is 1. The van der Waals surface area contributed by atoms with Crippen molar-refractivity contribution in [3.05, 3.63) is 58.7 Å². The van der Waals surface area contributed by atoms with Crippen molar-refractivity contribution in [2.24, 2.45) is 11.8 Å². The fraction of sp³-hybridized carbons (Fsp3) is 0.545. The number of hydrogen-bond donors (Lipinski definition) is 0. The van der Waals surface area contributed by atoms with Gasteiger partial charge >= 0.3 is 0 Å². The number of rotatable bonds is 1. The maximum absolute atomic E-state index is 2.46. The summed E-state index contributed by atoms with van der Waals surface area (Å²) in [5.74, 6) is 1.72. The minimum absolute atomic E-state index is 0.854. The molecule has 0 nitrogen and oxygen atoms in total. The summed E-state index contributed by atoms with van der Waals surface area (Å²) < 4.78 is 0. The van der Waals surface area contributed by atoms with Gasteiger partial charge in [-0.05, 0) is 79.9 Å². The number of fused-ring (bicyclic) bond motifs is 2. The van der Waals surface area contributed by atoms with Crippen LogP contribution >= 0.6 is 0 Å². The summed E-state index contributed by atoms with van der Waals surface area (Å²) in [6, 6.07) is 8.80. The summed E-state index contributed by atoms with van der Waals surface area (Å²) >= 11 is 0. The molecule has 0 saturated heterocycles. The van der Waals surface area contributed by atoms with Crippen molar-refractivity contribution < 1.29 is 0 Å². The third-order valence-electron chi connectivity index (χ3n) is 5.66. The van der Waals surface area contributed by atoms with E-state index in [0.29, 0.717) is 0 Å². The highest BCUT2D eigenvalue weighted by molar-refractivity contribution is 5.34. The van der Waals surface area contributed by atoms with Crippen LogP contribution in [0.15, 0.2) is 47.6 Å². The van der Waals surface area contributed by atoms with Crippen LogP contribution in [0.25, 0.3) is 0 Å². The van der Waals surface area contributed by atoms with Gasteiger partial charge in [-0.15, -0.1) is 0 Å². The van der Waals surface area contributed by atoms with E-state index in [-0.39, 0.29) is 0 Å². The Bertz CT molecular complexity index is 536. The van der Waals surface area contributed by atoms with Crippen LogP contribution < -0.4 is 0 Å². The second kappa shape index (κ2) is 7.31. The minimum Gasteiger partial charge on any atom is -0.0807 e. The number of allylic oxidation sites excluding steroid dienone is 4. The van der Waals surface area contributed by atoms with Crippen molar-refractivity contribution in [3.8, 4) is 0 Å². The highest BCUT2D eigenvalue weighted by Gasteiger charge is 2.24. The SMILES string of the molecule is CCC1CC(C)C2=CC1=CCC2.c1ccc2c(c1)CCCC2. The summed E-state index contributed by atoms with van der Waals surface area (Å²) in [6.45, 7) is 4.70. The van der Waals surface area contributed by atoms with E-state index in [2.05, 4.69) is 50.3 Å². The molecule has 0 amide bonds. The van der Waals surface area contributed by atoms with Gasteiger partial charge in [0.05, 0.1) is 0 Å². The Kier molecular flexibility index (Phi) is 5.18. The van der Waals surface area contributed by atoms with E-state index in [0.717, 1.165) is 11.8 Å². The lowest BCUT2D eigenvalue weighted by Crippen LogP contribution is -2.18. The molecule has 0 heteroatoms. The van der Waals surface area contributed by atoms with Crippen molar-refractivity contribution >= 4 is 0 Å².